The molecule has 0 atom stereocenters. The molecule has 0 aliphatic heterocycles. The van der Waals surface area contributed by atoms with Crippen molar-refractivity contribution in [3.63, 3.8) is 0 Å². The van der Waals surface area contributed by atoms with Crippen molar-refractivity contribution >= 4 is 12.2 Å². The van der Waals surface area contributed by atoms with E-state index in [2.05, 4.69) is 10.6 Å². The first-order valence-electron chi connectivity index (χ1n) is 10.0. The highest BCUT2D eigenvalue weighted by Gasteiger charge is 2.15. The standard InChI is InChI=1S/C21H34N2O7/c1-21(2,3)30-20(25)23-10-12-27-14-16-28-15-13-26-11-9-22-19(24)29-17-18-7-5-4-6-8-18/h4-8H,9-17H2,1-3H3,(H,22,24)(H,23,25). The van der Waals surface area contributed by atoms with Crippen LogP contribution >= 0.6 is 0 Å². The molecule has 0 spiro atoms. The molecule has 0 radical (unpaired) electrons. The number of alkyl carbamates (subject to hydrolysis) is 2. The van der Waals surface area contributed by atoms with Crippen LogP contribution in [0, 0.1) is 0 Å². The summed E-state index contributed by atoms with van der Waals surface area (Å²) in [7, 11) is 0. The lowest BCUT2D eigenvalue weighted by Gasteiger charge is -2.19. The van der Waals surface area contributed by atoms with Crippen molar-refractivity contribution in [3.05, 3.63) is 35.9 Å². The second kappa shape index (κ2) is 15.5. The summed E-state index contributed by atoms with van der Waals surface area (Å²) >= 11 is 0. The van der Waals surface area contributed by atoms with Gasteiger partial charge in [-0.25, -0.2) is 9.59 Å². The number of hydrogen-bond donors (Lipinski definition) is 2. The largest absolute Gasteiger partial charge is 0.445 e. The van der Waals surface area contributed by atoms with Crippen LogP contribution < -0.4 is 10.6 Å². The van der Waals surface area contributed by atoms with Crippen LogP contribution in [-0.2, 0) is 30.3 Å². The number of carbonyl (C=O) groups excluding carboxylic acids is 2. The first kappa shape index (κ1) is 25.7. The van der Waals surface area contributed by atoms with Crippen molar-refractivity contribution in [3.8, 4) is 0 Å². The summed E-state index contributed by atoms with van der Waals surface area (Å²) < 4.78 is 26.3. The number of benzene rings is 1. The quantitative estimate of drug-likeness (QED) is 0.441. The second-order valence-electron chi connectivity index (χ2n) is 7.25. The van der Waals surface area contributed by atoms with Crippen LogP contribution in [0.1, 0.15) is 26.3 Å². The van der Waals surface area contributed by atoms with E-state index in [0.717, 1.165) is 5.56 Å². The van der Waals surface area contributed by atoms with E-state index >= 15 is 0 Å². The molecule has 0 aliphatic carbocycles. The molecule has 1 aromatic carbocycles. The monoisotopic (exact) mass is 426 g/mol. The molecule has 0 heterocycles. The zero-order chi connectivity index (χ0) is 22.1. The highest BCUT2D eigenvalue weighted by molar-refractivity contribution is 5.67. The summed E-state index contributed by atoms with van der Waals surface area (Å²) in [4.78, 5) is 23.0. The maximum Gasteiger partial charge on any atom is 0.407 e. The number of carbonyl (C=O) groups is 2. The normalized spacial score (nSPS) is 11.0. The molecule has 0 saturated carbocycles. The maximum absolute atomic E-state index is 11.5. The van der Waals surface area contributed by atoms with Crippen molar-refractivity contribution in [1.82, 2.24) is 10.6 Å². The zero-order valence-corrected chi connectivity index (χ0v) is 18.1. The van der Waals surface area contributed by atoms with Crippen molar-refractivity contribution in [2.24, 2.45) is 0 Å². The third-order valence-electron chi connectivity index (χ3n) is 3.39. The van der Waals surface area contributed by atoms with Crippen LogP contribution in [0.5, 0.6) is 0 Å². The minimum absolute atomic E-state index is 0.237. The summed E-state index contributed by atoms with van der Waals surface area (Å²) in [5.74, 6) is 0. The Bertz CT molecular complexity index is 591. The smallest absolute Gasteiger partial charge is 0.407 e. The van der Waals surface area contributed by atoms with Crippen molar-refractivity contribution in [2.45, 2.75) is 33.0 Å². The third kappa shape index (κ3) is 15.5. The first-order valence-corrected chi connectivity index (χ1v) is 10.0. The molecular formula is C21H34N2O7. The molecule has 30 heavy (non-hydrogen) atoms. The Hall–Kier alpha value is -2.36. The van der Waals surface area contributed by atoms with E-state index in [4.69, 9.17) is 23.7 Å². The van der Waals surface area contributed by atoms with Gasteiger partial charge < -0.3 is 34.3 Å². The summed E-state index contributed by atoms with van der Waals surface area (Å²) in [5, 5.41) is 5.23. The van der Waals surface area contributed by atoms with E-state index in [1.165, 1.54) is 0 Å². The number of rotatable bonds is 14. The van der Waals surface area contributed by atoms with Gasteiger partial charge in [0.2, 0.25) is 0 Å². The fourth-order valence-electron chi connectivity index (χ4n) is 2.08. The van der Waals surface area contributed by atoms with Gasteiger partial charge >= 0.3 is 12.2 Å². The Morgan fingerprint density at radius 1 is 0.767 bits per heavy atom. The average Bonchev–Trinajstić information content (AvgIpc) is 2.69. The molecule has 170 valence electrons. The summed E-state index contributed by atoms with van der Waals surface area (Å²) in [6.45, 7) is 8.84. The van der Waals surface area contributed by atoms with Gasteiger partial charge in [0.15, 0.2) is 0 Å². The first-order chi connectivity index (χ1) is 14.4. The van der Waals surface area contributed by atoms with Gasteiger partial charge in [-0.15, -0.1) is 0 Å². The Morgan fingerprint density at radius 2 is 1.27 bits per heavy atom. The van der Waals surface area contributed by atoms with Crippen LogP contribution in [-0.4, -0.2) is 70.5 Å². The molecule has 0 fully saturated rings. The van der Waals surface area contributed by atoms with E-state index in [1.54, 1.807) is 0 Å². The van der Waals surface area contributed by atoms with Crippen LogP contribution in [0.4, 0.5) is 9.59 Å². The van der Waals surface area contributed by atoms with Gasteiger partial charge in [0.25, 0.3) is 0 Å². The van der Waals surface area contributed by atoms with Gasteiger partial charge in [0, 0.05) is 13.1 Å². The molecule has 0 unspecified atom stereocenters. The number of amides is 2. The van der Waals surface area contributed by atoms with Crippen LogP contribution in [0.25, 0.3) is 0 Å². The van der Waals surface area contributed by atoms with Crippen LogP contribution in [0.3, 0.4) is 0 Å². The predicted octanol–water partition coefficient (Wildman–Crippen LogP) is 2.49. The molecular weight excluding hydrogens is 392 g/mol. The lowest BCUT2D eigenvalue weighted by atomic mass is 10.2. The van der Waals surface area contributed by atoms with E-state index in [0.29, 0.717) is 52.7 Å². The van der Waals surface area contributed by atoms with Crippen molar-refractivity contribution in [2.75, 3.05) is 52.7 Å². The third-order valence-corrected chi connectivity index (χ3v) is 3.39. The molecule has 0 saturated heterocycles. The van der Waals surface area contributed by atoms with E-state index < -0.39 is 17.8 Å². The molecule has 1 aromatic rings. The lowest BCUT2D eigenvalue weighted by molar-refractivity contribution is 0.0144. The summed E-state index contributed by atoms with van der Waals surface area (Å²) in [6, 6.07) is 9.47. The Kier molecular flexibility index (Phi) is 13.2. The highest BCUT2D eigenvalue weighted by Crippen LogP contribution is 2.06. The molecule has 9 nitrogen and oxygen atoms in total. The fourth-order valence-corrected chi connectivity index (χ4v) is 2.08. The average molecular weight is 427 g/mol. The SMILES string of the molecule is CC(C)(C)OC(=O)NCCOCCOCCOCCNC(=O)OCc1ccccc1. The predicted molar refractivity (Wildman–Crippen MR) is 111 cm³/mol. The minimum Gasteiger partial charge on any atom is -0.445 e. The Morgan fingerprint density at radius 3 is 1.80 bits per heavy atom. The molecule has 9 heteroatoms. The Balaban J connectivity index is 1.81. The molecule has 2 amide bonds. The minimum atomic E-state index is -0.511. The molecule has 0 aliphatic rings. The summed E-state index contributed by atoms with van der Waals surface area (Å²) in [5.41, 5.74) is 0.423. The topological polar surface area (TPSA) is 104 Å². The molecule has 1 rings (SSSR count). The van der Waals surface area contributed by atoms with Gasteiger partial charge in [0.05, 0.1) is 39.6 Å². The summed E-state index contributed by atoms with van der Waals surface area (Å²) in [6.07, 6.45) is -0.935. The highest BCUT2D eigenvalue weighted by atomic mass is 16.6. The van der Waals surface area contributed by atoms with Gasteiger partial charge in [-0.1, -0.05) is 30.3 Å². The molecule has 0 bridgehead atoms. The van der Waals surface area contributed by atoms with Crippen LogP contribution in [0.2, 0.25) is 0 Å². The fraction of sp³-hybridized carbons (Fsp3) is 0.619. The maximum atomic E-state index is 11.5. The lowest BCUT2D eigenvalue weighted by Crippen LogP contribution is -2.34. The van der Waals surface area contributed by atoms with Gasteiger partial charge in [-0.3, -0.25) is 0 Å². The zero-order valence-electron chi connectivity index (χ0n) is 18.1. The number of hydrogen-bond acceptors (Lipinski definition) is 7. The van der Waals surface area contributed by atoms with Gasteiger partial charge in [-0.2, -0.15) is 0 Å². The van der Waals surface area contributed by atoms with Crippen LogP contribution in [0.15, 0.2) is 30.3 Å². The number of nitrogens with one attached hydrogen (secondary N) is 2. The van der Waals surface area contributed by atoms with E-state index in [1.807, 2.05) is 51.1 Å². The second-order valence-corrected chi connectivity index (χ2v) is 7.25. The van der Waals surface area contributed by atoms with Crippen molar-refractivity contribution < 1.29 is 33.3 Å². The molecule has 2 N–H and O–H groups in total. The van der Waals surface area contributed by atoms with Gasteiger partial charge in [0.1, 0.15) is 12.2 Å². The number of ether oxygens (including phenoxy) is 5. The van der Waals surface area contributed by atoms with Gasteiger partial charge in [-0.05, 0) is 26.3 Å². The Labute approximate surface area is 178 Å². The molecule has 0 aromatic heterocycles. The van der Waals surface area contributed by atoms with E-state index in [-0.39, 0.29) is 6.61 Å². The van der Waals surface area contributed by atoms with Crippen molar-refractivity contribution in [1.29, 1.82) is 0 Å². The van der Waals surface area contributed by atoms with E-state index in [9.17, 15) is 9.59 Å².